The van der Waals surface area contributed by atoms with Crippen molar-refractivity contribution in [3.8, 4) is 0 Å². The number of fused-ring (bicyclic) bond motifs is 1. The van der Waals surface area contributed by atoms with Crippen LogP contribution in [-0.4, -0.2) is 0 Å². The molecule has 2 aromatic rings. The lowest BCUT2D eigenvalue weighted by Gasteiger charge is -2.13. The molecule has 3 rings (SSSR count). The van der Waals surface area contributed by atoms with Crippen molar-refractivity contribution < 1.29 is 4.39 Å². The number of hydrogen-bond donors (Lipinski definition) is 1. The molecule has 1 aromatic heterocycles. The molecule has 0 bridgehead atoms. The molecule has 0 fully saturated rings. The molecule has 0 spiro atoms. The summed E-state index contributed by atoms with van der Waals surface area (Å²) in [6.45, 7) is 0.844. The lowest BCUT2D eigenvalue weighted by Crippen LogP contribution is -2.18. The largest absolute Gasteiger partial charge is 0.305 e. The smallest absolute Gasteiger partial charge is 0.126 e. The average Bonchev–Trinajstić information content (AvgIpc) is 2.94. The number of nitrogens with one attached hydrogen (secondary N) is 1. The third-order valence-corrected chi connectivity index (χ3v) is 4.99. The van der Waals surface area contributed by atoms with E-state index >= 15 is 0 Å². The minimum atomic E-state index is -0.0596. The second kappa shape index (κ2) is 5.11. The van der Waals surface area contributed by atoms with Gasteiger partial charge in [0.15, 0.2) is 0 Å². The van der Waals surface area contributed by atoms with E-state index in [1.807, 2.05) is 6.07 Å². The van der Waals surface area contributed by atoms with Crippen LogP contribution in [0.5, 0.6) is 0 Å². The number of thiophene rings is 1. The van der Waals surface area contributed by atoms with Crippen molar-refractivity contribution in [1.82, 2.24) is 5.32 Å². The van der Waals surface area contributed by atoms with E-state index in [1.165, 1.54) is 4.88 Å². The number of hydrogen-bond acceptors (Lipinski definition) is 2. The molecule has 0 radical (unpaired) electrons. The van der Waals surface area contributed by atoms with Gasteiger partial charge in [-0.3, -0.25) is 0 Å². The zero-order valence-electron chi connectivity index (χ0n) is 9.75. The van der Waals surface area contributed by atoms with Crippen molar-refractivity contribution in [2.75, 3.05) is 0 Å². The van der Waals surface area contributed by atoms with Crippen LogP contribution in [0.4, 0.5) is 4.39 Å². The molecule has 1 aromatic carbocycles. The van der Waals surface area contributed by atoms with Gasteiger partial charge in [-0.2, -0.15) is 0 Å². The molecule has 1 N–H and O–H groups in total. The maximum atomic E-state index is 13.6. The third kappa shape index (κ3) is 2.37. The van der Waals surface area contributed by atoms with Crippen molar-refractivity contribution in [3.63, 3.8) is 0 Å². The summed E-state index contributed by atoms with van der Waals surface area (Å²) in [4.78, 5) is 1.30. The van der Waals surface area contributed by atoms with E-state index in [1.54, 1.807) is 23.5 Å². The first kappa shape index (κ1) is 12.3. The van der Waals surface area contributed by atoms with Gasteiger partial charge in [-0.15, -0.1) is 11.3 Å². The topological polar surface area (TPSA) is 12.0 Å². The third-order valence-electron chi connectivity index (χ3n) is 3.37. The highest BCUT2D eigenvalue weighted by Gasteiger charge is 2.24. The highest BCUT2D eigenvalue weighted by Crippen LogP contribution is 2.33. The highest BCUT2D eigenvalue weighted by molar-refractivity contribution is 9.11. The Labute approximate surface area is 118 Å². The molecule has 1 atom stereocenters. The van der Waals surface area contributed by atoms with Gasteiger partial charge < -0.3 is 5.32 Å². The van der Waals surface area contributed by atoms with Gasteiger partial charge in [0.1, 0.15) is 5.82 Å². The van der Waals surface area contributed by atoms with E-state index in [9.17, 15) is 4.39 Å². The summed E-state index contributed by atoms with van der Waals surface area (Å²) < 4.78 is 14.7. The molecule has 4 heteroatoms. The average molecular weight is 326 g/mol. The van der Waals surface area contributed by atoms with Crippen molar-refractivity contribution >= 4 is 27.3 Å². The Morgan fingerprint density at radius 1 is 1.33 bits per heavy atom. The first-order valence-electron chi connectivity index (χ1n) is 5.99. The van der Waals surface area contributed by atoms with Crippen molar-refractivity contribution in [3.05, 3.63) is 55.9 Å². The zero-order valence-corrected chi connectivity index (χ0v) is 12.2. The molecule has 0 aliphatic heterocycles. The minimum absolute atomic E-state index is 0.0596. The first-order chi connectivity index (χ1) is 8.74. The monoisotopic (exact) mass is 325 g/mol. The zero-order chi connectivity index (χ0) is 12.5. The first-order valence-corrected chi connectivity index (χ1v) is 7.60. The van der Waals surface area contributed by atoms with Crippen LogP contribution in [0.2, 0.25) is 0 Å². The summed E-state index contributed by atoms with van der Waals surface area (Å²) in [7, 11) is 0. The van der Waals surface area contributed by atoms with Gasteiger partial charge in [0.2, 0.25) is 0 Å². The van der Waals surface area contributed by atoms with E-state index in [-0.39, 0.29) is 11.9 Å². The maximum Gasteiger partial charge on any atom is 0.126 e. The summed E-state index contributed by atoms with van der Waals surface area (Å²) in [5.74, 6) is -0.0596. The molecule has 0 saturated heterocycles. The molecule has 94 valence electrons. The molecule has 1 aliphatic carbocycles. The molecule has 1 heterocycles. The number of benzene rings is 1. The summed E-state index contributed by atoms with van der Waals surface area (Å²) in [6.07, 6.45) is 1.83. The van der Waals surface area contributed by atoms with Gasteiger partial charge in [0.05, 0.1) is 3.79 Å². The lowest BCUT2D eigenvalue weighted by molar-refractivity contribution is 0.533. The van der Waals surface area contributed by atoms with Crippen molar-refractivity contribution in [1.29, 1.82) is 0 Å². The molecule has 0 saturated carbocycles. The summed E-state index contributed by atoms with van der Waals surface area (Å²) >= 11 is 5.20. The summed E-state index contributed by atoms with van der Waals surface area (Å²) in [5, 5.41) is 3.52. The van der Waals surface area contributed by atoms with Crippen LogP contribution in [0.3, 0.4) is 0 Å². The second-order valence-electron chi connectivity index (χ2n) is 4.49. The Balaban J connectivity index is 1.71. The van der Waals surface area contributed by atoms with Gasteiger partial charge in [-0.05, 0) is 58.1 Å². The van der Waals surface area contributed by atoms with E-state index < -0.39 is 0 Å². The molecule has 18 heavy (non-hydrogen) atoms. The van der Waals surface area contributed by atoms with E-state index in [0.29, 0.717) is 0 Å². The van der Waals surface area contributed by atoms with E-state index in [0.717, 1.165) is 34.3 Å². The molecular weight excluding hydrogens is 313 g/mol. The quantitative estimate of drug-likeness (QED) is 0.880. The minimum Gasteiger partial charge on any atom is -0.305 e. The van der Waals surface area contributed by atoms with Gasteiger partial charge in [0, 0.05) is 17.5 Å². The van der Waals surface area contributed by atoms with Gasteiger partial charge in [0.25, 0.3) is 0 Å². The standard InChI is InChI=1S/C14H13BrFNS/c15-14-7-4-9(18-14)8-17-13-6-5-10-11(13)2-1-3-12(10)16/h1-4,7,13,17H,5-6,8H2. The van der Waals surface area contributed by atoms with E-state index in [4.69, 9.17) is 0 Å². The molecule has 1 aliphatic rings. The fourth-order valence-corrected chi connectivity index (χ4v) is 3.93. The Morgan fingerprint density at radius 3 is 3.00 bits per heavy atom. The number of rotatable bonds is 3. The normalized spacial score (nSPS) is 18.0. The predicted octanol–water partition coefficient (Wildman–Crippen LogP) is 4.43. The molecular formula is C14H13BrFNS. The van der Waals surface area contributed by atoms with Gasteiger partial charge in [-0.25, -0.2) is 4.39 Å². The molecule has 1 nitrogen and oxygen atoms in total. The second-order valence-corrected chi connectivity index (χ2v) is 7.03. The van der Waals surface area contributed by atoms with Gasteiger partial charge in [-0.1, -0.05) is 12.1 Å². The molecule has 1 unspecified atom stereocenters. The van der Waals surface area contributed by atoms with E-state index in [2.05, 4.69) is 33.4 Å². The Kier molecular flexibility index (Phi) is 3.50. The van der Waals surface area contributed by atoms with Crippen LogP contribution in [0.25, 0.3) is 0 Å². The van der Waals surface area contributed by atoms with Crippen molar-refractivity contribution in [2.24, 2.45) is 0 Å². The van der Waals surface area contributed by atoms with Crippen LogP contribution < -0.4 is 5.32 Å². The van der Waals surface area contributed by atoms with Crippen LogP contribution >= 0.6 is 27.3 Å². The molecule has 0 amide bonds. The van der Waals surface area contributed by atoms with Crippen LogP contribution in [0.15, 0.2) is 34.1 Å². The Bertz CT molecular complexity index is 567. The Hall–Kier alpha value is -0.710. The fourth-order valence-electron chi connectivity index (χ4n) is 2.49. The Morgan fingerprint density at radius 2 is 2.22 bits per heavy atom. The predicted molar refractivity (Wildman–Crippen MR) is 76.3 cm³/mol. The SMILES string of the molecule is Fc1cccc2c1CCC2NCc1ccc(Br)s1. The number of halogens is 2. The fraction of sp³-hybridized carbons (Fsp3) is 0.286. The maximum absolute atomic E-state index is 13.6. The summed E-state index contributed by atoms with van der Waals surface area (Å²) in [5.41, 5.74) is 2.02. The van der Waals surface area contributed by atoms with Crippen LogP contribution in [0.1, 0.15) is 28.5 Å². The van der Waals surface area contributed by atoms with Crippen molar-refractivity contribution in [2.45, 2.75) is 25.4 Å². The highest BCUT2D eigenvalue weighted by atomic mass is 79.9. The van der Waals surface area contributed by atoms with Gasteiger partial charge >= 0.3 is 0 Å². The lowest BCUT2D eigenvalue weighted by atomic mass is 10.1. The van der Waals surface area contributed by atoms with Crippen LogP contribution in [0, 0.1) is 5.82 Å². The summed E-state index contributed by atoms with van der Waals surface area (Å²) in [6, 6.07) is 9.85. The van der Waals surface area contributed by atoms with Crippen LogP contribution in [-0.2, 0) is 13.0 Å².